The summed E-state index contributed by atoms with van der Waals surface area (Å²) < 4.78 is 5.20. The van der Waals surface area contributed by atoms with Gasteiger partial charge in [-0.15, -0.1) is 0 Å². The van der Waals surface area contributed by atoms with E-state index < -0.39 is 0 Å². The van der Waals surface area contributed by atoms with Gasteiger partial charge in [-0.1, -0.05) is 0 Å². The van der Waals surface area contributed by atoms with E-state index in [4.69, 9.17) is 4.42 Å². The normalized spacial score (nSPS) is 10.3. The number of rotatable bonds is 4. The Morgan fingerprint density at radius 3 is 2.67 bits per heavy atom. The third-order valence-corrected chi connectivity index (χ3v) is 2.89. The summed E-state index contributed by atoms with van der Waals surface area (Å²) in [6.45, 7) is 2.52. The van der Waals surface area contributed by atoms with Crippen LogP contribution in [-0.2, 0) is 6.42 Å². The van der Waals surface area contributed by atoms with Crippen LogP contribution in [0.3, 0.4) is 0 Å². The molecular formula is C14H16N2O2. The molecule has 2 heterocycles. The smallest absolute Gasteiger partial charge is 0.289 e. The zero-order valence-electron chi connectivity index (χ0n) is 10.6. The first-order valence-corrected chi connectivity index (χ1v) is 5.87. The molecule has 0 aromatic carbocycles. The zero-order chi connectivity index (χ0) is 13.0. The summed E-state index contributed by atoms with van der Waals surface area (Å²) in [6.07, 6.45) is 5.87. The number of hydrogen-bond acceptors (Lipinski definition) is 3. The van der Waals surface area contributed by atoms with Crippen molar-refractivity contribution in [1.29, 1.82) is 0 Å². The third-order valence-electron chi connectivity index (χ3n) is 2.89. The lowest BCUT2D eigenvalue weighted by Gasteiger charge is -2.16. The Morgan fingerprint density at radius 2 is 2.06 bits per heavy atom. The Morgan fingerprint density at radius 1 is 1.33 bits per heavy atom. The minimum absolute atomic E-state index is 0.0773. The fourth-order valence-corrected chi connectivity index (χ4v) is 1.71. The van der Waals surface area contributed by atoms with Crippen LogP contribution < -0.4 is 0 Å². The number of aromatic nitrogens is 1. The molecule has 94 valence electrons. The van der Waals surface area contributed by atoms with Crippen LogP contribution in [0, 0.1) is 6.92 Å². The van der Waals surface area contributed by atoms with Gasteiger partial charge in [0.05, 0.1) is 6.26 Å². The van der Waals surface area contributed by atoms with E-state index in [9.17, 15) is 4.79 Å². The van der Waals surface area contributed by atoms with E-state index in [2.05, 4.69) is 4.98 Å². The van der Waals surface area contributed by atoms with E-state index in [0.29, 0.717) is 12.3 Å². The van der Waals surface area contributed by atoms with Gasteiger partial charge in [0.2, 0.25) is 0 Å². The molecule has 4 heteroatoms. The summed E-state index contributed by atoms with van der Waals surface area (Å²) in [5, 5.41) is 0. The molecule has 0 aliphatic carbocycles. The molecule has 0 fully saturated rings. The molecule has 0 unspecified atom stereocenters. The molecule has 18 heavy (non-hydrogen) atoms. The highest BCUT2D eigenvalue weighted by molar-refractivity contribution is 5.92. The molecule has 2 aromatic rings. The number of likely N-dealkylation sites (N-methyl/N-ethyl adjacent to an activating group) is 1. The molecule has 0 radical (unpaired) electrons. The highest BCUT2D eigenvalue weighted by atomic mass is 16.3. The molecule has 0 aliphatic heterocycles. The fourth-order valence-electron chi connectivity index (χ4n) is 1.71. The van der Waals surface area contributed by atoms with Crippen LogP contribution in [0.4, 0.5) is 0 Å². The van der Waals surface area contributed by atoms with Crippen molar-refractivity contribution in [3.05, 3.63) is 53.7 Å². The lowest BCUT2D eigenvalue weighted by atomic mass is 10.2. The second kappa shape index (κ2) is 5.49. The summed E-state index contributed by atoms with van der Waals surface area (Å²) >= 11 is 0. The highest BCUT2D eigenvalue weighted by Gasteiger charge is 2.16. The number of pyridine rings is 1. The van der Waals surface area contributed by atoms with Crippen molar-refractivity contribution in [3.8, 4) is 0 Å². The summed E-state index contributed by atoms with van der Waals surface area (Å²) in [6, 6.07) is 5.71. The Labute approximate surface area is 106 Å². The molecular weight excluding hydrogens is 228 g/mol. The largest absolute Gasteiger partial charge is 0.459 e. The first-order chi connectivity index (χ1) is 8.68. The molecule has 0 saturated heterocycles. The SMILES string of the molecule is Cc1ccoc1C(=O)N(C)CCc1ccncc1. The van der Waals surface area contributed by atoms with Gasteiger partial charge in [-0.2, -0.15) is 0 Å². The number of carbonyl (C=O) groups excluding carboxylic acids is 1. The summed E-state index contributed by atoms with van der Waals surface area (Å²) in [4.78, 5) is 17.7. The van der Waals surface area contributed by atoms with Gasteiger partial charge in [0.25, 0.3) is 5.91 Å². The Bertz CT molecular complexity index is 520. The van der Waals surface area contributed by atoms with Gasteiger partial charge in [-0.25, -0.2) is 0 Å². The number of aryl methyl sites for hydroxylation is 1. The van der Waals surface area contributed by atoms with E-state index in [1.54, 1.807) is 36.7 Å². The van der Waals surface area contributed by atoms with Crippen LogP contribution in [0.1, 0.15) is 21.7 Å². The van der Waals surface area contributed by atoms with E-state index in [1.807, 2.05) is 19.1 Å². The maximum Gasteiger partial charge on any atom is 0.289 e. The van der Waals surface area contributed by atoms with Crippen molar-refractivity contribution in [2.45, 2.75) is 13.3 Å². The van der Waals surface area contributed by atoms with Crippen LogP contribution in [0.25, 0.3) is 0 Å². The molecule has 0 aliphatic rings. The van der Waals surface area contributed by atoms with Gasteiger partial charge in [-0.05, 0) is 37.1 Å². The minimum Gasteiger partial charge on any atom is -0.459 e. The first kappa shape index (κ1) is 12.4. The quantitative estimate of drug-likeness (QED) is 0.829. The summed E-state index contributed by atoms with van der Waals surface area (Å²) in [5.41, 5.74) is 2.04. The van der Waals surface area contributed by atoms with Crippen LogP contribution in [0.5, 0.6) is 0 Å². The minimum atomic E-state index is -0.0773. The second-order valence-corrected chi connectivity index (χ2v) is 4.26. The number of amides is 1. The predicted molar refractivity (Wildman–Crippen MR) is 68.3 cm³/mol. The Balaban J connectivity index is 1.95. The van der Waals surface area contributed by atoms with Gasteiger partial charge in [0.15, 0.2) is 5.76 Å². The van der Waals surface area contributed by atoms with Crippen molar-refractivity contribution in [2.24, 2.45) is 0 Å². The predicted octanol–water partition coefficient (Wildman–Crippen LogP) is 2.30. The van der Waals surface area contributed by atoms with Crippen molar-refractivity contribution in [2.75, 3.05) is 13.6 Å². The van der Waals surface area contributed by atoms with Crippen LogP contribution in [0.15, 0.2) is 41.3 Å². The number of carbonyl (C=O) groups is 1. The molecule has 2 rings (SSSR count). The van der Waals surface area contributed by atoms with Crippen LogP contribution >= 0.6 is 0 Å². The summed E-state index contributed by atoms with van der Waals surface area (Å²) in [7, 11) is 1.78. The van der Waals surface area contributed by atoms with Crippen molar-refractivity contribution >= 4 is 5.91 Å². The average Bonchev–Trinajstić information content (AvgIpc) is 2.82. The van der Waals surface area contributed by atoms with Gasteiger partial charge < -0.3 is 9.32 Å². The summed E-state index contributed by atoms with van der Waals surface area (Å²) in [5.74, 6) is 0.346. The number of furan rings is 1. The molecule has 0 bridgehead atoms. The van der Waals surface area contributed by atoms with Gasteiger partial charge in [0, 0.05) is 31.5 Å². The van der Waals surface area contributed by atoms with Crippen molar-refractivity contribution in [1.82, 2.24) is 9.88 Å². The molecule has 2 aromatic heterocycles. The van der Waals surface area contributed by atoms with Gasteiger partial charge in [0.1, 0.15) is 0 Å². The van der Waals surface area contributed by atoms with Gasteiger partial charge >= 0.3 is 0 Å². The van der Waals surface area contributed by atoms with E-state index in [0.717, 1.165) is 12.0 Å². The monoisotopic (exact) mass is 244 g/mol. The number of hydrogen-bond donors (Lipinski definition) is 0. The molecule has 0 N–H and O–H groups in total. The first-order valence-electron chi connectivity index (χ1n) is 5.87. The lowest BCUT2D eigenvalue weighted by Crippen LogP contribution is -2.29. The fraction of sp³-hybridized carbons (Fsp3) is 0.286. The lowest BCUT2D eigenvalue weighted by molar-refractivity contribution is 0.0764. The van der Waals surface area contributed by atoms with Crippen molar-refractivity contribution in [3.63, 3.8) is 0 Å². The standard InChI is InChI=1S/C14H16N2O2/c1-11-6-10-18-13(11)14(17)16(2)9-5-12-3-7-15-8-4-12/h3-4,6-8,10H,5,9H2,1-2H3. The maximum absolute atomic E-state index is 12.1. The molecule has 0 atom stereocenters. The van der Waals surface area contributed by atoms with Crippen molar-refractivity contribution < 1.29 is 9.21 Å². The van der Waals surface area contributed by atoms with Crippen LogP contribution in [0.2, 0.25) is 0 Å². The average molecular weight is 244 g/mol. The Hall–Kier alpha value is -2.10. The molecule has 0 saturated carbocycles. The number of nitrogens with zero attached hydrogens (tertiary/aromatic N) is 2. The maximum atomic E-state index is 12.1. The molecule has 1 amide bonds. The van der Waals surface area contributed by atoms with E-state index >= 15 is 0 Å². The highest BCUT2D eigenvalue weighted by Crippen LogP contribution is 2.11. The van der Waals surface area contributed by atoms with Gasteiger partial charge in [-0.3, -0.25) is 9.78 Å². The van der Waals surface area contributed by atoms with E-state index in [-0.39, 0.29) is 5.91 Å². The van der Waals surface area contributed by atoms with Crippen LogP contribution in [-0.4, -0.2) is 29.4 Å². The molecule has 0 spiro atoms. The third kappa shape index (κ3) is 2.77. The topological polar surface area (TPSA) is 46.3 Å². The second-order valence-electron chi connectivity index (χ2n) is 4.26. The zero-order valence-corrected chi connectivity index (χ0v) is 10.6. The molecule has 4 nitrogen and oxygen atoms in total. The Kier molecular flexibility index (Phi) is 3.77. The van der Waals surface area contributed by atoms with E-state index in [1.165, 1.54) is 5.56 Å².